The van der Waals surface area contributed by atoms with Crippen LogP contribution in [0, 0.1) is 0 Å². The Balaban J connectivity index is 2.55. The van der Waals surface area contributed by atoms with E-state index in [1.54, 1.807) is 10.9 Å². The summed E-state index contributed by atoms with van der Waals surface area (Å²) in [5, 5.41) is 4.51. The number of nitrogens with two attached hydrogens (primary N) is 1. The second kappa shape index (κ2) is 4.65. The number of rotatable bonds is 4. The summed E-state index contributed by atoms with van der Waals surface area (Å²) in [7, 11) is 1.88. The maximum atomic E-state index is 6.06. The topological polar surface area (TPSA) is 57.0 Å². The lowest BCUT2D eigenvalue weighted by Crippen LogP contribution is -1.99. The minimum Gasteiger partial charge on any atom is -0.469 e. The summed E-state index contributed by atoms with van der Waals surface area (Å²) in [6.45, 7) is 4.22. The van der Waals surface area contributed by atoms with E-state index in [9.17, 15) is 0 Å². The lowest BCUT2D eigenvalue weighted by molar-refractivity contribution is 0.517. The molecular formula is C13H19N3O. The first-order valence-corrected chi connectivity index (χ1v) is 6.07. The van der Waals surface area contributed by atoms with Crippen molar-refractivity contribution in [3.63, 3.8) is 0 Å². The Kier molecular flexibility index (Phi) is 3.22. The van der Waals surface area contributed by atoms with Crippen LogP contribution in [0.4, 0.5) is 5.82 Å². The first kappa shape index (κ1) is 11.8. The highest BCUT2D eigenvalue weighted by Crippen LogP contribution is 2.31. The van der Waals surface area contributed by atoms with Gasteiger partial charge in [-0.05, 0) is 12.5 Å². The van der Waals surface area contributed by atoms with Crippen molar-refractivity contribution in [1.82, 2.24) is 9.78 Å². The van der Waals surface area contributed by atoms with Crippen LogP contribution in [0.2, 0.25) is 0 Å². The molecule has 0 aliphatic rings. The number of furan rings is 1. The summed E-state index contributed by atoms with van der Waals surface area (Å²) in [6.07, 6.45) is 4.59. The zero-order chi connectivity index (χ0) is 12.4. The lowest BCUT2D eigenvalue weighted by Gasteiger charge is -2.01. The molecule has 0 spiro atoms. The molecule has 17 heavy (non-hydrogen) atoms. The predicted molar refractivity (Wildman–Crippen MR) is 68.7 cm³/mol. The van der Waals surface area contributed by atoms with Gasteiger partial charge in [-0.1, -0.05) is 20.3 Å². The fourth-order valence-electron chi connectivity index (χ4n) is 2.12. The van der Waals surface area contributed by atoms with Crippen LogP contribution in [-0.2, 0) is 19.9 Å². The Morgan fingerprint density at radius 3 is 2.82 bits per heavy atom. The molecule has 0 aliphatic carbocycles. The van der Waals surface area contributed by atoms with Gasteiger partial charge in [0.2, 0.25) is 0 Å². The number of anilines is 1. The molecular weight excluding hydrogens is 214 g/mol. The van der Waals surface area contributed by atoms with Crippen molar-refractivity contribution < 1.29 is 4.42 Å². The van der Waals surface area contributed by atoms with E-state index in [-0.39, 0.29) is 0 Å². The molecule has 0 atom stereocenters. The number of nitrogens with zero attached hydrogens (tertiary/aromatic N) is 2. The third-order valence-electron chi connectivity index (χ3n) is 3.02. The van der Waals surface area contributed by atoms with Crippen molar-refractivity contribution in [3.8, 4) is 11.3 Å². The maximum absolute atomic E-state index is 6.06. The normalized spacial score (nSPS) is 11.0. The van der Waals surface area contributed by atoms with Gasteiger partial charge < -0.3 is 10.2 Å². The van der Waals surface area contributed by atoms with Gasteiger partial charge in [0, 0.05) is 24.6 Å². The van der Waals surface area contributed by atoms with E-state index in [1.165, 1.54) is 0 Å². The molecule has 0 fully saturated rings. The van der Waals surface area contributed by atoms with Crippen LogP contribution in [0.15, 0.2) is 16.7 Å². The number of aromatic nitrogens is 2. The fourth-order valence-corrected chi connectivity index (χ4v) is 2.12. The predicted octanol–water partition coefficient (Wildman–Crippen LogP) is 2.78. The third kappa shape index (κ3) is 1.95. The molecule has 0 unspecified atom stereocenters. The third-order valence-corrected chi connectivity index (χ3v) is 3.02. The zero-order valence-corrected chi connectivity index (χ0v) is 10.7. The Morgan fingerprint density at radius 2 is 2.18 bits per heavy atom. The molecule has 0 aliphatic heterocycles. The highest BCUT2D eigenvalue weighted by molar-refractivity contribution is 5.70. The number of hydrogen-bond donors (Lipinski definition) is 1. The molecule has 2 N–H and O–H groups in total. The van der Waals surface area contributed by atoms with Gasteiger partial charge in [-0.2, -0.15) is 5.10 Å². The molecule has 2 heterocycles. The molecule has 2 aromatic heterocycles. The molecule has 0 bridgehead atoms. The molecule has 2 rings (SSSR count). The highest BCUT2D eigenvalue weighted by Gasteiger charge is 2.18. The summed E-state index contributed by atoms with van der Waals surface area (Å²) in [5.74, 6) is 1.73. The van der Waals surface area contributed by atoms with Gasteiger partial charge in [0.05, 0.1) is 6.26 Å². The average Bonchev–Trinajstić information content (AvgIpc) is 2.89. The van der Waals surface area contributed by atoms with Crippen LogP contribution in [0.5, 0.6) is 0 Å². The standard InChI is InChI=1S/C13H19N3O/c1-4-6-10-12(15-16(3)13(10)14)9-7-8-17-11(9)5-2/h7-8H,4-6,14H2,1-3H3. The van der Waals surface area contributed by atoms with E-state index in [2.05, 4.69) is 18.9 Å². The van der Waals surface area contributed by atoms with Gasteiger partial charge >= 0.3 is 0 Å². The number of aryl methyl sites for hydroxylation is 2. The summed E-state index contributed by atoms with van der Waals surface area (Å²) < 4.78 is 7.20. The fraction of sp³-hybridized carbons (Fsp3) is 0.462. The minimum absolute atomic E-state index is 0.755. The molecule has 92 valence electrons. The van der Waals surface area contributed by atoms with E-state index < -0.39 is 0 Å². The second-order valence-corrected chi connectivity index (χ2v) is 4.20. The van der Waals surface area contributed by atoms with E-state index in [0.29, 0.717) is 0 Å². The monoisotopic (exact) mass is 233 g/mol. The molecule has 0 saturated heterocycles. The summed E-state index contributed by atoms with van der Waals surface area (Å²) in [4.78, 5) is 0. The van der Waals surface area contributed by atoms with E-state index in [4.69, 9.17) is 10.2 Å². The van der Waals surface area contributed by atoms with Gasteiger partial charge in [-0.25, -0.2) is 0 Å². The average molecular weight is 233 g/mol. The maximum Gasteiger partial charge on any atom is 0.125 e. The Morgan fingerprint density at radius 1 is 1.41 bits per heavy atom. The van der Waals surface area contributed by atoms with Crippen molar-refractivity contribution >= 4 is 5.82 Å². The van der Waals surface area contributed by atoms with Crippen molar-refractivity contribution in [3.05, 3.63) is 23.7 Å². The molecule has 4 nitrogen and oxygen atoms in total. The number of hydrogen-bond acceptors (Lipinski definition) is 3. The Hall–Kier alpha value is -1.71. The van der Waals surface area contributed by atoms with E-state index in [0.717, 1.165) is 47.7 Å². The lowest BCUT2D eigenvalue weighted by atomic mass is 10.0. The van der Waals surface area contributed by atoms with Crippen LogP contribution >= 0.6 is 0 Å². The summed E-state index contributed by atoms with van der Waals surface area (Å²) in [6, 6.07) is 1.97. The van der Waals surface area contributed by atoms with Gasteiger partial charge in [0.15, 0.2) is 0 Å². The molecule has 0 aromatic carbocycles. The first-order chi connectivity index (χ1) is 8.19. The van der Waals surface area contributed by atoms with Gasteiger partial charge in [-0.15, -0.1) is 0 Å². The molecule has 2 aromatic rings. The molecule has 0 amide bonds. The van der Waals surface area contributed by atoms with Crippen molar-refractivity contribution in [1.29, 1.82) is 0 Å². The number of nitrogen functional groups attached to an aromatic ring is 1. The van der Waals surface area contributed by atoms with Crippen LogP contribution in [0.25, 0.3) is 11.3 Å². The van der Waals surface area contributed by atoms with Crippen LogP contribution in [-0.4, -0.2) is 9.78 Å². The van der Waals surface area contributed by atoms with E-state index in [1.807, 2.05) is 13.1 Å². The van der Waals surface area contributed by atoms with Gasteiger partial charge in [0.1, 0.15) is 17.3 Å². The summed E-state index contributed by atoms with van der Waals surface area (Å²) in [5.41, 5.74) is 9.23. The smallest absolute Gasteiger partial charge is 0.125 e. The quantitative estimate of drug-likeness (QED) is 0.883. The van der Waals surface area contributed by atoms with Gasteiger partial charge in [-0.3, -0.25) is 4.68 Å². The van der Waals surface area contributed by atoms with Crippen molar-refractivity contribution in [2.24, 2.45) is 7.05 Å². The largest absolute Gasteiger partial charge is 0.469 e. The SMILES string of the molecule is CCCc1c(-c2ccoc2CC)nn(C)c1N. The summed E-state index contributed by atoms with van der Waals surface area (Å²) >= 11 is 0. The van der Waals surface area contributed by atoms with E-state index >= 15 is 0 Å². The van der Waals surface area contributed by atoms with Crippen LogP contribution < -0.4 is 5.73 Å². The Labute approximate surface area is 101 Å². The molecule has 4 heteroatoms. The van der Waals surface area contributed by atoms with Gasteiger partial charge in [0.25, 0.3) is 0 Å². The minimum atomic E-state index is 0.755. The molecule has 0 radical (unpaired) electrons. The first-order valence-electron chi connectivity index (χ1n) is 6.07. The van der Waals surface area contributed by atoms with Crippen molar-refractivity contribution in [2.45, 2.75) is 33.1 Å². The highest BCUT2D eigenvalue weighted by atomic mass is 16.3. The second-order valence-electron chi connectivity index (χ2n) is 4.20. The Bertz CT molecular complexity index is 511. The van der Waals surface area contributed by atoms with Crippen LogP contribution in [0.3, 0.4) is 0 Å². The zero-order valence-electron chi connectivity index (χ0n) is 10.7. The van der Waals surface area contributed by atoms with Crippen molar-refractivity contribution in [2.75, 3.05) is 5.73 Å². The molecule has 0 saturated carbocycles. The van der Waals surface area contributed by atoms with Crippen LogP contribution in [0.1, 0.15) is 31.6 Å².